The Morgan fingerprint density at radius 1 is 1.19 bits per heavy atom. The Morgan fingerprint density at radius 3 is 2.62 bits per heavy atom. The Morgan fingerprint density at radius 2 is 1.92 bits per heavy atom. The van der Waals surface area contributed by atoms with E-state index in [2.05, 4.69) is 10.3 Å². The van der Waals surface area contributed by atoms with Crippen LogP contribution >= 0.6 is 23.1 Å². The highest BCUT2D eigenvalue weighted by Crippen LogP contribution is 2.29. The van der Waals surface area contributed by atoms with Crippen molar-refractivity contribution >= 4 is 54.2 Å². The number of nitrogens with one attached hydrogen (secondary N) is 1. The van der Waals surface area contributed by atoms with Crippen LogP contribution in [0, 0.1) is 6.92 Å². The van der Waals surface area contributed by atoms with Gasteiger partial charge in [-0.3, -0.25) is 4.79 Å². The second kappa shape index (κ2) is 7.77. The second-order valence-corrected chi connectivity index (χ2v) is 9.80. The Bertz CT molecular complexity index is 1040. The second-order valence-electron chi connectivity index (χ2n) is 5.78. The molecule has 5 nitrogen and oxygen atoms in total. The summed E-state index contributed by atoms with van der Waals surface area (Å²) >= 11 is 3.02. The zero-order chi connectivity index (χ0) is 18.7. The van der Waals surface area contributed by atoms with E-state index in [-0.39, 0.29) is 23.0 Å². The van der Waals surface area contributed by atoms with E-state index in [4.69, 9.17) is 0 Å². The van der Waals surface area contributed by atoms with Gasteiger partial charge >= 0.3 is 0 Å². The molecule has 0 aliphatic carbocycles. The molecule has 0 saturated carbocycles. The van der Waals surface area contributed by atoms with Gasteiger partial charge in [-0.25, -0.2) is 13.4 Å². The molecule has 0 aliphatic heterocycles. The lowest BCUT2D eigenvalue weighted by atomic mass is 10.2. The number of aromatic nitrogens is 1. The molecule has 0 unspecified atom stereocenters. The molecule has 3 rings (SSSR count). The van der Waals surface area contributed by atoms with E-state index in [9.17, 15) is 13.2 Å². The summed E-state index contributed by atoms with van der Waals surface area (Å²) in [5.74, 6) is -0.589. The van der Waals surface area contributed by atoms with Gasteiger partial charge < -0.3 is 5.32 Å². The van der Waals surface area contributed by atoms with E-state index < -0.39 is 9.84 Å². The molecular formula is C18H18N2O3S3. The van der Waals surface area contributed by atoms with Gasteiger partial charge in [-0.05, 0) is 43.5 Å². The number of thiazole rings is 1. The maximum absolute atomic E-state index is 12.3. The minimum atomic E-state index is -3.48. The first-order valence-corrected chi connectivity index (χ1v) is 11.6. The smallest absolute Gasteiger partial charge is 0.227 e. The van der Waals surface area contributed by atoms with Crippen molar-refractivity contribution in [3.63, 3.8) is 0 Å². The minimum Gasteiger partial charge on any atom is -0.302 e. The molecule has 0 bridgehead atoms. The van der Waals surface area contributed by atoms with E-state index in [1.807, 2.05) is 31.4 Å². The summed E-state index contributed by atoms with van der Waals surface area (Å²) in [5.41, 5.74) is 1.80. The maximum Gasteiger partial charge on any atom is 0.227 e. The number of sulfone groups is 1. The maximum atomic E-state index is 12.3. The Labute approximate surface area is 160 Å². The van der Waals surface area contributed by atoms with E-state index in [0.29, 0.717) is 5.13 Å². The van der Waals surface area contributed by atoms with Gasteiger partial charge in [0.15, 0.2) is 15.0 Å². The van der Waals surface area contributed by atoms with Crippen LogP contribution in [0.4, 0.5) is 5.13 Å². The number of hydrogen-bond acceptors (Lipinski definition) is 6. The SMILES string of the molecule is CSc1ccc2nc(NC(=O)CCS(=O)(=O)c3ccc(C)cc3)sc2c1. The molecule has 0 fully saturated rings. The van der Waals surface area contributed by atoms with Crippen LogP contribution in [-0.2, 0) is 14.6 Å². The Kier molecular flexibility index (Phi) is 5.64. The van der Waals surface area contributed by atoms with Gasteiger partial charge in [-0.15, -0.1) is 11.8 Å². The molecule has 1 aromatic heterocycles. The summed E-state index contributed by atoms with van der Waals surface area (Å²) < 4.78 is 25.6. The first-order valence-electron chi connectivity index (χ1n) is 7.91. The van der Waals surface area contributed by atoms with Gasteiger partial charge in [0.1, 0.15) is 0 Å². The molecule has 1 heterocycles. The molecule has 26 heavy (non-hydrogen) atoms. The minimum absolute atomic E-state index is 0.109. The molecule has 0 atom stereocenters. The lowest BCUT2D eigenvalue weighted by molar-refractivity contribution is -0.115. The first kappa shape index (κ1) is 18.9. The quantitative estimate of drug-likeness (QED) is 0.623. The van der Waals surface area contributed by atoms with Crippen molar-refractivity contribution in [2.24, 2.45) is 0 Å². The van der Waals surface area contributed by atoms with Crippen LogP contribution in [-0.4, -0.2) is 31.3 Å². The number of nitrogens with zero attached hydrogens (tertiary/aromatic N) is 1. The zero-order valence-corrected chi connectivity index (χ0v) is 16.8. The first-order chi connectivity index (χ1) is 12.4. The molecule has 3 aromatic rings. The molecule has 136 valence electrons. The predicted octanol–water partition coefficient (Wildman–Crippen LogP) is 4.13. The summed E-state index contributed by atoms with van der Waals surface area (Å²) in [6, 6.07) is 12.5. The third kappa shape index (κ3) is 4.44. The van der Waals surface area contributed by atoms with Gasteiger partial charge in [-0.1, -0.05) is 29.0 Å². The van der Waals surface area contributed by atoms with Crippen LogP contribution in [0.1, 0.15) is 12.0 Å². The average molecular weight is 407 g/mol. The summed E-state index contributed by atoms with van der Waals surface area (Å²) in [4.78, 5) is 17.9. The van der Waals surface area contributed by atoms with E-state index in [0.717, 1.165) is 20.7 Å². The Hall–Kier alpha value is -1.90. The number of amides is 1. The van der Waals surface area contributed by atoms with Crippen molar-refractivity contribution < 1.29 is 13.2 Å². The molecule has 0 saturated heterocycles. The van der Waals surface area contributed by atoms with Crippen molar-refractivity contribution in [3.8, 4) is 0 Å². The number of carbonyl (C=O) groups excluding carboxylic acids is 1. The van der Waals surface area contributed by atoms with Crippen LogP contribution in [0.2, 0.25) is 0 Å². The average Bonchev–Trinajstić information content (AvgIpc) is 3.01. The molecule has 1 amide bonds. The van der Waals surface area contributed by atoms with Crippen molar-refractivity contribution in [1.82, 2.24) is 4.98 Å². The van der Waals surface area contributed by atoms with Crippen LogP contribution in [0.3, 0.4) is 0 Å². The highest BCUT2D eigenvalue weighted by molar-refractivity contribution is 7.98. The molecule has 1 N–H and O–H groups in total. The van der Waals surface area contributed by atoms with Crippen molar-refractivity contribution in [1.29, 1.82) is 0 Å². The number of fused-ring (bicyclic) bond motifs is 1. The largest absolute Gasteiger partial charge is 0.302 e. The van der Waals surface area contributed by atoms with Gasteiger partial charge in [0.25, 0.3) is 0 Å². The van der Waals surface area contributed by atoms with Crippen LogP contribution in [0.15, 0.2) is 52.3 Å². The molecule has 0 aliphatic rings. The molecule has 0 radical (unpaired) electrons. The molecule has 0 spiro atoms. The highest BCUT2D eigenvalue weighted by Gasteiger charge is 2.17. The lowest BCUT2D eigenvalue weighted by Gasteiger charge is -2.05. The molecule has 2 aromatic carbocycles. The molecular weight excluding hydrogens is 388 g/mol. The van der Waals surface area contributed by atoms with Gasteiger partial charge in [0.05, 0.1) is 20.9 Å². The Balaban J connectivity index is 1.64. The fraction of sp³-hybridized carbons (Fsp3) is 0.222. The number of aryl methyl sites for hydroxylation is 1. The fourth-order valence-corrected chi connectivity index (χ4v) is 5.03. The van der Waals surface area contributed by atoms with Crippen molar-refractivity contribution in [3.05, 3.63) is 48.0 Å². The van der Waals surface area contributed by atoms with E-state index >= 15 is 0 Å². The number of rotatable bonds is 6. The van der Waals surface area contributed by atoms with Crippen LogP contribution < -0.4 is 5.32 Å². The molecule has 8 heteroatoms. The van der Waals surface area contributed by atoms with Gasteiger partial charge in [0.2, 0.25) is 5.91 Å². The van der Waals surface area contributed by atoms with Crippen LogP contribution in [0.25, 0.3) is 10.2 Å². The number of hydrogen-bond donors (Lipinski definition) is 1. The highest BCUT2D eigenvalue weighted by atomic mass is 32.2. The topological polar surface area (TPSA) is 76.1 Å². The summed E-state index contributed by atoms with van der Waals surface area (Å²) in [6.45, 7) is 1.89. The number of carbonyl (C=O) groups is 1. The van der Waals surface area contributed by atoms with Crippen molar-refractivity contribution in [2.45, 2.75) is 23.1 Å². The third-order valence-corrected chi connectivity index (χ3v) is 7.21. The number of anilines is 1. The lowest BCUT2D eigenvalue weighted by Crippen LogP contribution is -2.17. The number of benzene rings is 2. The van der Waals surface area contributed by atoms with Gasteiger partial charge in [0, 0.05) is 11.3 Å². The zero-order valence-electron chi connectivity index (χ0n) is 14.4. The standard InChI is InChI=1S/C18H18N2O3S3/c1-12-3-6-14(7-4-12)26(22,23)10-9-17(21)20-18-19-15-8-5-13(24-2)11-16(15)25-18/h3-8,11H,9-10H2,1-2H3,(H,19,20,21). The fourth-order valence-electron chi connectivity index (χ4n) is 2.36. The van der Waals surface area contributed by atoms with Crippen molar-refractivity contribution in [2.75, 3.05) is 17.3 Å². The normalized spacial score (nSPS) is 11.6. The summed E-state index contributed by atoms with van der Waals surface area (Å²) in [6.07, 6.45) is 1.89. The van der Waals surface area contributed by atoms with Crippen LogP contribution in [0.5, 0.6) is 0 Å². The monoisotopic (exact) mass is 406 g/mol. The van der Waals surface area contributed by atoms with E-state index in [1.54, 1.807) is 36.0 Å². The summed E-state index contributed by atoms with van der Waals surface area (Å²) in [7, 11) is -3.48. The predicted molar refractivity (Wildman–Crippen MR) is 108 cm³/mol. The third-order valence-electron chi connectivity index (χ3n) is 3.82. The van der Waals surface area contributed by atoms with Gasteiger partial charge in [-0.2, -0.15) is 0 Å². The summed E-state index contributed by atoms with van der Waals surface area (Å²) in [5, 5.41) is 3.18. The number of thioether (sulfide) groups is 1. The van der Waals surface area contributed by atoms with E-state index in [1.165, 1.54) is 11.3 Å².